The molecule has 3 atom stereocenters. The van der Waals surface area contributed by atoms with Gasteiger partial charge in [0.05, 0.1) is 12.3 Å². The lowest BCUT2D eigenvalue weighted by Crippen LogP contribution is -2.54. The summed E-state index contributed by atoms with van der Waals surface area (Å²) in [5.41, 5.74) is 5.43. The molecule has 20 heavy (non-hydrogen) atoms. The maximum atomic E-state index is 11.5. The first-order valence-corrected chi connectivity index (χ1v) is 9.11. The summed E-state index contributed by atoms with van der Waals surface area (Å²) in [4.78, 5) is 11.5. The Kier molecular flexibility index (Phi) is 6.42. The fourth-order valence-corrected chi connectivity index (χ4v) is 3.57. The summed E-state index contributed by atoms with van der Waals surface area (Å²) in [7, 11) is -3.13. The van der Waals surface area contributed by atoms with E-state index in [9.17, 15) is 13.2 Å². The van der Waals surface area contributed by atoms with Gasteiger partial charge in [0.1, 0.15) is 0 Å². The second-order valence-electron chi connectivity index (χ2n) is 5.76. The van der Waals surface area contributed by atoms with Crippen LogP contribution in [0, 0.1) is 5.92 Å². The minimum atomic E-state index is -3.13. The van der Waals surface area contributed by atoms with Crippen molar-refractivity contribution in [3.63, 3.8) is 0 Å². The van der Waals surface area contributed by atoms with Gasteiger partial charge in [-0.25, -0.2) is 12.7 Å². The molecule has 0 spiro atoms. The maximum Gasteiger partial charge on any atom is 0.234 e. The van der Waals surface area contributed by atoms with Crippen molar-refractivity contribution in [1.29, 1.82) is 0 Å². The third-order valence-corrected chi connectivity index (χ3v) is 5.21. The van der Waals surface area contributed by atoms with Crippen molar-refractivity contribution in [2.45, 2.75) is 51.6 Å². The summed E-state index contributed by atoms with van der Waals surface area (Å²) in [6.07, 6.45) is 4.67. The number of rotatable bonds is 7. The molecular weight excluding hydrogens is 278 g/mol. The number of primary amides is 1. The van der Waals surface area contributed by atoms with E-state index in [0.29, 0.717) is 19.5 Å². The van der Waals surface area contributed by atoms with Gasteiger partial charge in [0.2, 0.25) is 15.9 Å². The topological polar surface area (TPSA) is 92.5 Å². The second kappa shape index (κ2) is 7.38. The molecule has 1 aliphatic heterocycles. The first-order valence-electron chi connectivity index (χ1n) is 7.26. The van der Waals surface area contributed by atoms with E-state index < -0.39 is 10.0 Å². The standard InChI is InChI=1S/C13H27N3O3S/c1-4-5-6-12(13(14)17)15-11-7-8-16(9-10(11)2)20(3,18)19/h10-12,15H,4-9H2,1-3H3,(H2,14,17)/t10-,11+,12-/m0/s1. The largest absolute Gasteiger partial charge is 0.368 e. The molecule has 0 aromatic heterocycles. The van der Waals surface area contributed by atoms with Crippen LogP contribution in [0.5, 0.6) is 0 Å². The zero-order valence-corrected chi connectivity index (χ0v) is 13.4. The average molecular weight is 305 g/mol. The van der Waals surface area contributed by atoms with Crippen molar-refractivity contribution in [2.75, 3.05) is 19.3 Å². The molecule has 118 valence electrons. The van der Waals surface area contributed by atoms with Crippen molar-refractivity contribution in [1.82, 2.24) is 9.62 Å². The molecule has 1 heterocycles. The average Bonchev–Trinajstić information content (AvgIpc) is 2.34. The molecule has 1 rings (SSSR count). The third-order valence-electron chi connectivity index (χ3n) is 3.94. The predicted molar refractivity (Wildman–Crippen MR) is 79.6 cm³/mol. The molecule has 1 aliphatic rings. The van der Waals surface area contributed by atoms with Crippen LogP contribution in [0.2, 0.25) is 0 Å². The summed E-state index contributed by atoms with van der Waals surface area (Å²) in [6, 6.07) is -0.172. The van der Waals surface area contributed by atoms with Gasteiger partial charge in [0, 0.05) is 19.1 Å². The van der Waals surface area contributed by atoms with Crippen LogP contribution in [-0.2, 0) is 14.8 Å². The monoisotopic (exact) mass is 305 g/mol. The maximum absolute atomic E-state index is 11.5. The first-order chi connectivity index (χ1) is 9.25. The predicted octanol–water partition coefficient (Wildman–Crippen LogP) is 0.290. The SMILES string of the molecule is CCCC[C@H](N[C@@H]1CCN(S(C)(=O)=O)C[C@@H]1C)C(N)=O. The fraction of sp³-hybridized carbons (Fsp3) is 0.923. The van der Waals surface area contributed by atoms with E-state index >= 15 is 0 Å². The summed E-state index contributed by atoms with van der Waals surface area (Å²) >= 11 is 0. The summed E-state index contributed by atoms with van der Waals surface area (Å²) in [5.74, 6) is -0.154. The van der Waals surface area contributed by atoms with Crippen molar-refractivity contribution in [2.24, 2.45) is 11.7 Å². The third kappa shape index (κ3) is 5.03. The van der Waals surface area contributed by atoms with E-state index in [1.807, 2.05) is 6.92 Å². The number of unbranched alkanes of at least 4 members (excludes halogenated alkanes) is 1. The van der Waals surface area contributed by atoms with Crippen molar-refractivity contribution in [3.05, 3.63) is 0 Å². The van der Waals surface area contributed by atoms with Gasteiger partial charge >= 0.3 is 0 Å². The van der Waals surface area contributed by atoms with Crippen LogP contribution in [0.3, 0.4) is 0 Å². The number of carbonyl (C=O) groups is 1. The Morgan fingerprint density at radius 1 is 1.50 bits per heavy atom. The van der Waals surface area contributed by atoms with Gasteiger partial charge in [-0.2, -0.15) is 0 Å². The van der Waals surface area contributed by atoms with E-state index in [1.54, 1.807) is 0 Å². The Morgan fingerprint density at radius 3 is 2.60 bits per heavy atom. The Morgan fingerprint density at radius 2 is 2.15 bits per heavy atom. The molecule has 0 aromatic rings. The number of amides is 1. The second-order valence-corrected chi connectivity index (χ2v) is 7.74. The van der Waals surface area contributed by atoms with E-state index in [-0.39, 0.29) is 23.9 Å². The van der Waals surface area contributed by atoms with Crippen molar-refractivity contribution < 1.29 is 13.2 Å². The highest BCUT2D eigenvalue weighted by Gasteiger charge is 2.32. The molecule has 3 N–H and O–H groups in total. The zero-order chi connectivity index (χ0) is 15.3. The molecular formula is C13H27N3O3S. The summed E-state index contributed by atoms with van der Waals surface area (Å²) in [5, 5.41) is 3.32. The highest BCUT2D eigenvalue weighted by molar-refractivity contribution is 7.88. The molecule has 1 saturated heterocycles. The Bertz CT molecular complexity index is 425. The Hall–Kier alpha value is -0.660. The highest BCUT2D eigenvalue weighted by Crippen LogP contribution is 2.20. The molecule has 0 aromatic carbocycles. The number of hydrogen-bond acceptors (Lipinski definition) is 4. The van der Waals surface area contributed by atoms with Crippen LogP contribution in [0.15, 0.2) is 0 Å². The number of nitrogens with two attached hydrogens (primary N) is 1. The summed E-state index contributed by atoms with van der Waals surface area (Å²) < 4.78 is 24.6. The molecule has 0 radical (unpaired) electrons. The van der Waals surface area contributed by atoms with Gasteiger partial charge in [-0.15, -0.1) is 0 Å². The van der Waals surface area contributed by atoms with Gasteiger partial charge in [-0.05, 0) is 18.8 Å². The number of nitrogens with one attached hydrogen (secondary N) is 1. The van der Waals surface area contributed by atoms with E-state index in [0.717, 1.165) is 19.3 Å². The van der Waals surface area contributed by atoms with Crippen LogP contribution in [0.1, 0.15) is 39.5 Å². The van der Waals surface area contributed by atoms with Crippen molar-refractivity contribution >= 4 is 15.9 Å². The number of hydrogen-bond donors (Lipinski definition) is 2. The Balaban J connectivity index is 2.58. The number of carbonyl (C=O) groups excluding carboxylic acids is 1. The molecule has 1 amide bonds. The number of piperidine rings is 1. The summed E-state index contributed by atoms with van der Waals surface area (Å²) in [6.45, 7) is 5.08. The molecule has 0 unspecified atom stereocenters. The zero-order valence-electron chi connectivity index (χ0n) is 12.6. The fourth-order valence-electron chi connectivity index (χ4n) is 2.63. The van der Waals surface area contributed by atoms with Gasteiger partial charge in [0.15, 0.2) is 0 Å². The normalized spacial score (nSPS) is 26.4. The highest BCUT2D eigenvalue weighted by atomic mass is 32.2. The number of nitrogens with zero attached hydrogens (tertiary/aromatic N) is 1. The van der Waals surface area contributed by atoms with E-state index in [4.69, 9.17) is 5.73 Å². The van der Waals surface area contributed by atoms with Crippen LogP contribution < -0.4 is 11.1 Å². The van der Waals surface area contributed by atoms with E-state index in [2.05, 4.69) is 12.2 Å². The molecule has 7 heteroatoms. The number of sulfonamides is 1. The molecule has 1 fully saturated rings. The van der Waals surface area contributed by atoms with Gasteiger partial charge < -0.3 is 11.1 Å². The van der Waals surface area contributed by atoms with Gasteiger partial charge in [0.25, 0.3) is 0 Å². The van der Waals surface area contributed by atoms with Gasteiger partial charge in [-0.1, -0.05) is 26.7 Å². The molecule has 6 nitrogen and oxygen atoms in total. The smallest absolute Gasteiger partial charge is 0.234 e. The van der Waals surface area contributed by atoms with Gasteiger partial charge in [-0.3, -0.25) is 4.79 Å². The van der Waals surface area contributed by atoms with Crippen LogP contribution in [-0.4, -0.2) is 50.1 Å². The van der Waals surface area contributed by atoms with Crippen molar-refractivity contribution in [3.8, 4) is 0 Å². The quantitative estimate of drug-likeness (QED) is 0.707. The van der Waals surface area contributed by atoms with Crippen LogP contribution in [0.25, 0.3) is 0 Å². The Labute approximate surface area is 122 Å². The molecule has 0 bridgehead atoms. The lowest BCUT2D eigenvalue weighted by Gasteiger charge is -2.37. The first kappa shape index (κ1) is 17.4. The molecule has 0 saturated carbocycles. The molecule has 0 aliphatic carbocycles. The lowest BCUT2D eigenvalue weighted by molar-refractivity contribution is -0.120. The lowest BCUT2D eigenvalue weighted by atomic mass is 9.93. The minimum absolute atomic E-state index is 0.141. The minimum Gasteiger partial charge on any atom is -0.368 e. The van der Waals surface area contributed by atoms with Crippen LogP contribution >= 0.6 is 0 Å². The van der Waals surface area contributed by atoms with E-state index in [1.165, 1.54) is 10.6 Å². The van der Waals surface area contributed by atoms with Crippen LogP contribution in [0.4, 0.5) is 0 Å².